The van der Waals surface area contributed by atoms with E-state index in [1.54, 1.807) is 18.2 Å². The van der Waals surface area contributed by atoms with Gasteiger partial charge in [0.1, 0.15) is 6.42 Å². The van der Waals surface area contributed by atoms with E-state index >= 15 is 0 Å². The first-order valence-corrected chi connectivity index (χ1v) is 6.68. The van der Waals surface area contributed by atoms with Crippen LogP contribution in [0.15, 0.2) is 24.3 Å². The minimum Gasteiger partial charge on any atom is -0.352 e. The van der Waals surface area contributed by atoms with Gasteiger partial charge in [-0.2, -0.15) is 5.26 Å². The smallest absolute Gasteiger partial charge is 0.238 e. The summed E-state index contributed by atoms with van der Waals surface area (Å²) in [4.78, 5) is 23.0. The number of nitrogens with zero attached hydrogens (tertiary/aromatic N) is 1. The largest absolute Gasteiger partial charge is 0.352 e. The van der Waals surface area contributed by atoms with Crippen molar-refractivity contribution in [1.29, 1.82) is 5.26 Å². The van der Waals surface area contributed by atoms with E-state index in [1.165, 1.54) is 0 Å². The second-order valence-corrected chi connectivity index (χ2v) is 4.42. The van der Waals surface area contributed by atoms with E-state index in [0.717, 1.165) is 18.4 Å². The fourth-order valence-corrected chi connectivity index (χ4v) is 1.68. The summed E-state index contributed by atoms with van der Waals surface area (Å²) in [7, 11) is 0. The standard InChI is InChI=1S/C15H19N3O2/c1-2-3-8-14(19)17-11-12-6-4-5-7-13(12)18-15(20)9-10-16/h4-7H,2-3,8-9,11H2,1H3,(H,17,19)(H,18,20). The summed E-state index contributed by atoms with van der Waals surface area (Å²) >= 11 is 0. The lowest BCUT2D eigenvalue weighted by molar-refractivity contribution is -0.121. The topological polar surface area (TPSA) is 82.0 Å². The second-order valence-electron chi connectivity index (χ2n) is 4.42. The van der Waals surface area contributed by atoms with Crippen LogP contribution >= 0.6 is 0 Å². The van der Waals surface area contributed by atoms with Crippen molar-refractivity contribution in [2.75, 3.05) is 5.32 Å². The summed E-state index contributed by atoms with van der Waals surface area (Å²) in [6.45, 7) is 2.40. The highest BCUT2D eigenvalue weighted by atomic mass is 16.2. The molecule has 0 aliphatic heterocycles. The summed E-state index contributed by atoms with van der Waals surface area (Å²) in [5, 5.41) is 14.0. The Labute approximate surface area is 119 Å². The molecule has 0 aromatic heterocycles. The lowest BCUT2D eigenvalue weighted by Gasteiger charge is -2.11. The molecule has 0 unspecified atom stereocenters. The SMILES string of the molecule is CCCCC(=O)NCc1ccccc1NC(=O)CC#N. The molecular formula is C15H19N3O2. The third kappa shape index (κ3) is 5.53. The predicted octanol–water partition coefficient (Wildman–Crippen LogP) is 2.35. The van der Waals surface area contributed by atoms with Gasteiger partial charge in [0, 0.05) is 18.7 Å². The third-order valence-corrected chi connectivity index (χ3v) is 2.76. The molecule has 0 fully saturated rings. The van der Waals surface area contributed by atoms with Crippen LogP contribution in [0.1, 0.15) is 38.2 Å². The minimum absolute atomic E-state index is 0.00463. The molecule has 0 radical (unpaired) electrons. The number of hydrogen-bond acceptors (Lipinski definition) is 3. The lowest BCUT2D eigenvalue weighted by Crippen LogP contribution is -2.23. The molecule has 0 heterocycles. The van der Waals surface area contributed by atoms with Crippen molar-refractivity contribution in [1.82, 2.24) is 5.32 Å². The van der Waals surface area contributed by atoms with Gasteiger partial charge in [0.25, 0.3) is 0 Å². The van der Waals surface area contributed by atoms with Crippen LogP contribution in [0.5, 0.6) is 0 Å². The Morgan fingerprint density at radius 2 is 2.00 bits per heavy atom. The Kier molecular flexibility index (Phi) is 6.83. The average Bonchev–Trinajstić information content (AvgIpc) is 2.44. The Bertz CT molecular complexity index is 506. The van der Waals surface area contributed by atoms with Gasteiger partial charge >= 0.3 is 0 Å². The molecule has 2 amide bonds. The number of benzene rings is 1. The van der Waals surface area contributed by atoms with Crippen LogP contribution in [-0.2, 0) is 16.1 Å². The molecule has 106 valence electrons. The van der Waals surface area contributed by atoms with Gasteiger partial charge in [0.2, 0.25) is 11.8 Å². The first-order chi connectivity index (χ1) is 9.67. The van der Waals surface area contributed by atoms with Crippen molar-refractivity contribution in [3.8, 4) is 6.07 Å². The number of amides is 2. The van der Waals surface area contributed by atoms with Crippen molar-refractivity contribution < 1.29 is 9.59 Å². The number of hydrogen-bond donors (Lipinski definition) is 2. The van der Waals surface area contributed by atoms with Gasteiger partial charge in [-0.05, 0) is 18.1 Å². The van der Waals surface area contributed by atoms with Crippen LogP contribution in [0.4, 0.5) is 5.69 Å². The van der Waals surface area contributed by atoms with Gasteiger partial charge in [-0.1, -0.05) is 31.5 Å². The van der Waals surface area contributed by atoms with E-state index in [9.17, 15) is 9.59 Å². The zero-order valence-electron chi connectivity index (χ0n) is 11.6. The molecule has 0 spiro atoms. The van der Waals surface area contributed by atoms with Gasteiger partial charge in [-0.3, -0.25) is 9.59 Å². The van der Waals surface area contributed by atoms with Gasteiger partial charge in [0.05, 0.1) is 6.07 Å². The molecule has 0 saturated carbocycles. The summed E-state index contributed by atoms with van der Waals surface area (Å²) in [6, 6.07) is 9.02. The maximum atomic E-state index is 11.6. The Balaban J connectivity index is 2.59. The maximum absolute atomic E-state index is 11.6. The zero-order chi connectivity index (χ0) is 14.8. The fourth-order valence-electron chi connectivity index (χ4n) is 1.68. The third-order valence-electron chi connectivity index (χ3n) is 2.76. The zero-order valence-corrected chi connectivity index (χ0v) is 11.6. The van der Waals surface area contributed by atoms with Gasteiger partial charge in [-0.25, -0.2) is 0 Å². The first-order valence-electron chi connectivity index (χ1n) is 6.68. The monoisotopic (exact) mass is 273 g/mol. The Hall–Kier alpha value is -2.35. The Morgan fingerprint density at radius 1 is 1.25 bits per heavy atom. The molecule has 0 bridgehead atoms. The van der Waals surface area contributed by atoms with Gasteiger partial charge < -0.3 is 10.6 Å². The van der Waals surface area contributed by atoms with Crippen LogP contribution < -0.4 is 10.6 Å². The summed E-state index contributed by atoms with van der Waals surface area (Å²) in [5.41, 5.74) is 1.45. The van der Waals surface area contributed by atoms with E-state index in [0.29, 0.717) is 18.7 Å². The highest BCUT2D eigenvalue weighted by Crippen LogP contribution is 2.15. The quantitative estimate of drug-likeness (QED) is 0.800. The number of nitriles is 1. The molecule has 1 aromatic carbocycles. The second kappa shape index (κ2) is 8.70. The van der Waals surface area contributed by atoms with E-state index < -0.39 is 0 Å². The van der Waals surface area contributed by atoms with Crippen LogP contribution in [0.2, 0.25) is 0 Å². The molecule has 1 rings (SSSR count). The molecular weight excluding hydrogens is 254 g/mol. The normalized spacial score (nSPS) is 9.60. The maximum Gasteiger partial charge on any atom is 0.238 e. The molecule has 1 aromatic rings. The molecule has 0 aliphatic rings. The number of para-hydroxylation sites is 1. The lowest BCUT2D eigenvalue weighted by atomic mass is 10.1. The van der Waals surface area contributed by atoms with Gasteiger partial charge in [-0.15, -0.1) is 0 Å². The first kappa shape index (κ1) is 15.7. The number of nitrogens with one attached hydrogen (secondary N) is 2. The summed E-state index contributed by atoms with van der Waals surface area (Å²) in [5.74, 6) is -0.345. The Morgan fingerprint density at radius 3 is 2.70 bits per heavy atom. The number of carbonyl (C=O) groups excluding carboxylic acids is 2. The number of rotatable bonds is 7. The van der Waals surface area contributed by atoms with Crippen LogP contribution in [0.3, 0.4) is 0 Å². The molecule has 0 aliphatic carbocycles. The van der Waals surface area contributed by atoms with Crippen molar-refractivity contribution >= 4 is 17.5 Å². The summed E-state index contributed by atoms with van der Waals surface area (Å²) < 4.78 is 0. The predicted molar refractivity (Wildman–Crippen MR) is 76.7 cm³/mol. The molecule has 2 N–H and O–H groups in total. The fraction of sp³-hybridized carbons (Fsp3) is 0.400. The van der Waals surface area contributed by atoms with E-state index in [4.69, 9.17) is 5.26 Å². The van der Waals surface area contributed by atoms with E-state index in [-0.39, 0.29) is 18.2 Å². The molecule has 0 atom stereocenters. The molecule has 20 heavy (non-hydrogen) atoms. The molecule has 5 nitrogen and oxygen atoms in total. The average molecular weight is 273 g/mol. The summed E-state index contributed by atoms with van der Waals surface area (Å²) in [6.07, 6.45) is 2.18. The van der Waals surface area contributed by atoms with Crippen molar-refractivity contribution in [2.24, 2.45) is 0 Å². The molecule has 5 heteroatoms. The van der Waals surface area contributed by atoms with Crippen molar-refractivity contribution in [3.05, 3.63) is 29.8 Å². The minimum atomic E-state index is -0.350. The number of carbonyl (C=O) groups is 2. The van der Waals surface area contributed by atoms with Gasteiger partial charge in [0.15, 0.2) is 0 Å². The van der Waals surface area contributed by atoms with Crippen molar-refractivity contribution in [3.63, 3.8) is 0 Å². The van der Waals surface area contributed by atoms with E-state index in [1.807, 2.05) is 19.1 Å². The van der Waals surface area contributed by atoms with E-state index in [2.05, 4.69) is 10.6 Å². The number of anilines is 1. The van der Waals surface area contributed by atoms with Crippen LogP contribution in [0.25, 0.3) is 0 Å². The van der Waals surface area contributed by atoms with Crippen LogP contribution in [0, 0.1) is 11.3 Å². The van der Waals surface area contributed by atoms with Crippen molar-refractivity contribution in [2.45, 2.75) is 39.2 Å². The highest BCUT2D eigenvalue weighted by molar-refractivity contribution is 5.92. The number of unbranched alkanes of at least 4 members (excludes halogenated alkanes) is 1. The van der Waals surface area contributed by atoms with Crippen LogP contribution in [-0.4, -0.2) is 11.8 Å². The highest BCUT2D eigenvalue weighted by Gasteiger charge is 2.07. The molecule has 0 saturated heterocycles.